The van der Waals surface area contributed by atoms with Gasteiger partial charge in [0.25, 0.3) is 0 Å². The molecule has 2 aromatic carbocycles. The highest BCUT2D eigenvalue weighted by Crippen LogP contribution is 2.34. The van der Waals surface area contributed by atoms with Crippen molar-refractivity contribution < 1.29 is 45.7 Å². The third kappa shape index (κ3) is 6.72. The number of carbonyl (C=O) groups is 1. The van der Waals surface area contributed by atoms with Gasteiger partial charge in [0, 0.05) is 5.92 Å². The molecule has 0 saturated heterocycles. The summed E-state index contributed by atoms with van der Waals surface area (Å²) in [6, 6.07) is 9.18. The van der Waals surface area contributed by atoms with Crippen LogP contribution < -0.4 is 9.47 Å². The molecule has 0 aliphatic carbocycles. The van der Waals surface area contributed by atoms with E-state index in [-0.39, 0.29) is 11.1 Å². The number of benzene rings is 2. The molecule has 2 aromatic rings. The Morgan fingerprint density at radius 1 is 0.852 bits per heavy atom. The number of hydrogen-bond acceptors (Lipinski definition) is 3. The zero-order valence-corrected chi connectivity index (χ0v) is 13.3. The molecule has 0 aliphatic heterocycles. The van der Waals surface area contributed by atoms with Crippen LogP contribution in [0, 0.1) is 0 Å². The van der Waals surface area contributed by atoms with Gasteiger partial charge < -0.3 is 14.6 Å². The van der Waals surface area contributed by atoms with Crippen molar-refractivity contribution in [3.8, 4) is 11.5 Å². The summed E-state index contributed by atoms with van der Waals surface area (Å²) in [5, 5.41) is 9.10. The minimum absolute atomic E-state index is 0.128. The van der Waals surface area contributed by atoms with Crippen molar-refractivity contribution in [3.63, 3.8) is 0 Å². The van der Waals surface area contributed by atoms with Crippen molar-refractivity contribution in [2.45, 2.75) is 25.1 Å². The predicted octanol–water partition coefficient (Wildman–Crippen LogP) is 5.09. The summed E-state index contributed by atoms with van der Waals surface area (Å²) in [6.45, 7) is 0. The van der Waals surface area contributed by atoms with Crippen molar-refractivity contribution in [1.29, 1.82) is 0 Å². The maximum absolute atomic E-state index is 12.4. The average Bonchev–Trinajstić information content (AvgIpc) is 2.49. The van der Waals surface area contributed by atoms with Crippen LogP contribution in [0.1, 0.15) is 23.5 Å². The van der Waals surface area contributed by atoms with Gasteiger partial charge in [-0.1, -0.05) is 24.3 Å². The van der Waals surface area contributed by atoms with E-state index >= 15 is 0 Å². The van der Waals surface area contributed by atoms with Crippen LogP contribution in [0.4, 0.5) is 26.3 Å². The summed E-state index contributed by atoms with van der Waals surface area (Å²) in [4.78, 5) is 11.2. The first-order valence-corrected chi connectivity index (χ1v) is 7.36. The lowest BCUT2D eigenvalue weighted by molar-refractivity contribution is -0.275. The van der Waals surface area contributed by atoms with Gasteiger partial charge in [0.15, 0.2) is 0 Å². The number of alkyl halides is 6. The summed E-state index contributed by atoms with van der Waals surface area (Å²) >= 11 is 0. The fraction of sp³-hybridized carbons (Fsp3) is 0.235. The minimum Gasteiger partial charge on any atom is -0.481 e. The number of aliphatic carboxylic acids is 1. The molecule has 0 radical (unpaired) electrons. The van der Waals surface area contributed by atoms with Crippen LogP contribution in [0.25, 0.3) is 0 Å². The maximum Gasteiger partial charge on any atom is 0.573 e. The van der Waals surface area contributed by atoms with E-state index in [4.69, 9.17) is 5.11 Å². The number of halogens is 6. The molecule has 0 saturated carbocycles. The van der Waals surface area contributed by atoms with Gasteiger partial charge in [-0.25, -0.2) is 0 Å². The van der Waals surface area contributed by atoms with Crippen LogP contribution in [0.5, 0.6) is 11.5 Å². The van der Waals surface area contributed by atoms with Crippen LogP contribution in [-0.4, -0.2) is 23.8 Å². The molecular weight excluding hydrogens is 382 g/mol. The van der Waals surface area contributed by atoms with Crippen LogP contribution in [0.3, 0.4) is 0 Å². The van der Waals surface area contributed by atoms with Crippen LogP contribution >= 0.6 is 0 Å². The molecule has 1 N–H and O–H groups in total. The highest BCUT2D eigenvalue weighted by molar-refractivity contribution is 5.69. The third-order valence-electron chi connectivity index (χ3n) is 3.37. The zero-order valence-electron chi connectivity index (χ0n) is 13.3. The lowest BCUT2D eigenvalue weighted by atomic mass is 9.88. The molecule has 0 aromatic heterocycles. The molecule has 0 aliphatic rings. The SMILES string of the molecule is O=C(O)CC(c1cccc(OC(F)(F)F)c1)c1cccc(OC(F)(F)F)c1. The summed E-state index contributed by atoms with van der Waals surface area (Å²) in [6.07, 6.45) is -10.5. The molecular formula is C17H12F6O4. The molecule has 10 heteroatoms. The Labute approximate surface area is 148 Å². The van der Waals surface area contributed by atoms with Crippen molar-refractivity contribution in [2.75, 3.05) is 0 Å². The van der Waals surface area contributed by atoms with E-state index in [2.05, 4.69) is 9.47 Å². The highest BCUT2D eigenvalue weighted by Gasteiger charge is 2.32. The van der Waals surface area contributed by atoms with E-state index in [1.807, 2.05) is 0 Å². The normalized spacial score (nSPS) is 12.1. The summed E-state index contributed by atoms with van der Waals surface area (Å²) < 4.78 is 81.9. The van der Waals surface area contributed by atoms with E-state index in [0.717, 1.165) is 24.3 Å². The zero-order chi connectivity index (χ0) is 20.2. The van der Waals surface area contributed by atoms with Crippen LogP contribution in [0.15, 0.2) is 48.5 Å². The Hall–Kier alpha value is -2.91. The van der Waals surface area contributed by atoms with Gasteiger partial charge >= 0.3 is 18.7 Å². The standard InChI is InChI=1S/C17H12F6O4/c18-16(19,20)26-12-5-1-3-10(7-12)14(9-15(24)25)11-4-2-6-13(8-11)27-17(21,22)23/h1-8,14H,9H2,(H,24,25). The molecule has 0 bridgehead atoms. The molecule has 0 spiro atoms. The lowest BCUT2D eigenvalue weighted by Crippen LogP contribution is -2.18. The Kier molecular flexibility index (Phi) is 5.87. The molecule has 27 heavy (non-hydrogen) atoms. The van der Waals surface area contributed by atoms with Crippen molar-refractivity contribution in [1.82, 2.24) is 0 Å². The second-order valence-corrected chi connectivity index (χ2v) is 5.39. The Bertz CT molecular complexity index is 741. The van der Waals surface area contributed by atoms with E-state index in [9.17, 15) is 31.1 Å². The molecule has 0 atom stereocenters. The first kappa shape index (κ1) is 20.4. The van der Waals surface area contributed by atoms with E-state index in [1.165, 1.54) is 24.3 Å². The van der Waals surface area contributed by atoms with E-state index < -0.39 is 42.5 Å². The Balaban J connectivity index is 2.40. The fourth-order valence-electron chi connectivity index (χ4n) is 2.46. The van der Waals surface area contributed by atoms with Crippen molar-refractivity contribution in [2.24, 2.45) is 0 Å². The number of ether oxygens (including phenoxy) is 2. The van der Waals surface area contributed by atoms with E-state index in [0.29, 0.717) is 0 Å². The van der Waals surface area contributed by atoms with Crippen LogP contribution in [0.2, 0.25) is 0 Å². The summed E-state index contributed by atoms with van der Waals surface area (Å²) in [5.41, 5.74) is 0.256. The molecule has 146 valence electrons. The second kappa shape index (κ2) is 7.77. The first-order valence-electron chi connectivity index (χ1n) is 7.36. The smallest absolute Gasteiger partial charge is 0.481 e. The monoisotopic (exact) mass is 394 g/mol. The number of hydrogen-bond donors (Lipinski definition) is 1. The molecule has 0 unspecified atom stereocenters. The highest BCUT2D eigenvalue weighted by atomic mass is 19.4. The Morgan fingerprint density at radius 2 is 1.26 bits per heavy atom. The Morgan fingerprint density at radius 3 is 1.59 bits per heavy atom. The third-order valence-corrected chi connectivity index (χ3v) is 3.37. The lowest BCUT2D eigenvalue weighted by Gasteiger charge is -2.19. The number of carboxylic acid groups (broad SMARTS) is 1. The summed E-state index contributed by atoms with van der Waals surface area (Å²) in [5.74, 6) is -3.45. The number of rotatable bonds is 6. The van der Waals surface area contributed by atoms with E-state index in [1.54, 1.807) is 0 Å². The number of carboxylic acids is 1. The molecule has 0 heterocycles. The molecule has 4 nitrogen and oxygen atoms in total. The minimum atomic E-state index is -4.94. The van der Waals surface area contributed by atoms with Gasteiger partial charge in [-0.05, 0) is 35.4 Å². The summed E-state index contributed by atoms with van der Waals surface area (Å²) in [7, 11) is 0. The maximum atomic E-state index is 12.4. The van der Waals surface area contributed by atoms with Gasteiger partial charge in [0.1, 0.15) is 11.5 Å². The van der Waals surface area contributed by atoms with Crippen molar-refractivity contribution in [3.05, 3.63) is 59.7 Å². The van der Waals surface area contributed by atoms with Gasteiger partial charge in [-0.15, -0.1) is 26.3 Å². The van der Waals surface area contributed by atoms with Gasteiger partial charge in [-0.2, -0.15) is 0 Å². The predicted molar refractivity (Wildman–Crippen MR) is 80.3 cm³/mol. The molecule has 0 amide bonds. The molecule has 0 fully saturated rings. The van der Waals surface area contributed by atoms with Crippen molar-refractivity contribution >= 4 is 5.97 Å². The van der Waals surface area contributed by atoms with Crippen LogP contribution in [-0.2, 0) is 4.79 Å². The van der Waals surface area contributed by atoms with Gasteiger partial charge in [0.05, 0.1) is 6.42 Å². The van der Waals surface area contributed by atoms with Gasteiger partial charge in [0.2, 0.25) is 0 Å². The fourth-order valence-corrected chi connectivity index (χ4v) is 2.46. The largest absolute Gasteiger partial charge is 0.573 e. The molecule has 2 rings (SSSR count). The van der Waals surface area contributed by atoms with Gasteiger partial charge in [-0.3, -0.25) is 4.79 Å². The first-order chi connectivity index (χ1) is 12.4. The topological polar surface area (TPSA) is 55.8 Å². The average molecular weight is 394 g/mol. The second-order valence-electron chi connectivity index (χ2n) is 5.39. The quantitative estimate of drug-likeness (QED) is 0.694.